The summed E-state index contributed by atoms with van der Waals surface area (Å²) in [5.74, 6) is 0. The molecular weight excluding hydrogens is 933 g/mol. The van der Waals surface area contributed by atoms with Gasteiger partial charge >= 0.3 is 0 Å². The Balaban J connectivity index is 0.973. The van der Waals surface area contributed by atoms with E-state index in [1.807, 2.05) is 0 Å². The van der Waals surface area contributed by atoms with Gasteiger partial charge in [-0.05, 0) is 154 Å². The van der Waals surface area contributed by atoms with E-state index in [1.165, 1.54) is 76.8 Å². The predicted molar refractivity (Wildman–Crippen MR) is 325 cm³/mol. The fourth-order valence-electron chi connectivity index (χ4n) is 12.7. The molecule has 1 aliphatic rings. The molecule has 12 aromatic carbocycles. The highest BCUT2D eigenvalue weighted by molar-refractivity contribution is 6.19. The van der Waals surface area contributed by atoms with Gasteiger partial charge in [-0.15, -0.1) is 0 Å². The van der Waals surface area contributed by atoms with Crippen molar-refractivity contribution >= 4 is 88.5 Å². The molecule has 4 nitrogen and oxygen atoms in total. The SMILES string of the molecule is CC1(C)c2ccccc2-c2ccc(-n3c4ccc(-c5cc(N(c6ccccc6)c6ccccc6)cc(N(c6ccccc6)c6ccc7c(c6)c6ccccc6n7-c6ccccc6)c5)cc4c4ccc5ccccc5c43)cc21. The summed E-state index contributed by atoms with van der Waals surface area (Å²) in [7, 11) is 0. The van der Waals surface area contributed by atoms with Crippen LogP contribution in [0.1, 0.15) is 25.0 Å². The van der Waals surface area contributed by atoms with Crippen molar-refractivity contribution in [1.29, 1.82) is 0 Å². The lowest BCUT2D eigenvalue weighted by Gasteiger charge is -2.30. The van der Waals surface area contributed by atoms with Gasteiger partial charge in [-0.1, -0.05) is 178 Å². The van der Waals surface area contributed by atoms with Crippen LogP contribution < -0.4 is 9.80 Å². The highest BCUT2D eigenvalue weighted by atomic mass is 15.2. The van der Waals surface area contributed by atoms with Crippen molar-refractivity contribution in [2.24, 2.45) is 0 Å². The third-order valence-corrected chi connectivity index (χ3v) is 16.2. The zero-order chi connectivity index (χ0) is 51.2. The quantitative estimate of drug-likeness (QED) is 0.143. The zero-order valence-corrected chi connectivity index (χ0v) is 42.8. The van der Waals surface area contributed by atoms with E-state index in [4.69, 9.17) is 0 Å². The van der Waals surface area contributed by atoms with Crippen LogP contribution in [0.25, 0.3) is 88.0 Å². The van der Waals surface area contributed by atoms with Crippen molar-refractivity contribution in [3.05, 3.63) is 290 Å². The minimum atomic E-state index is -0.132. The smallest absolute Gasteiger partial charge is 0.0619 e. The predicted octanol–water partition coefficient (Wildman–Crippen LogP) is 19.9. The van der Waals surface area contributed by atoms with E-state index < -0.39 is 0 Å². The molecule has 0 saturated carbocycles. The van der Waals surface area contributed by atoms with Crippen molar-refractivity contribution in [1.82, 2.24) is 9.13 Å². The van der Waals surface area contributed by atoms with Gasteiger partial charge in [0.1, 0.15) is 0 Å². The van der Waals surface area contributed by atoms with Crippen molar-refractivity contribution in [3.63, 3.8) is 0 Å². The number of anilines is 6. The standard InChI is InChI=1S/C73H52N4/c1-73(2)67-33-19-17-31-61(67)62-40-37-57(48-68(62)73)77-71-41-36-50(45-65(71)64-39-35-49-21-15-16-30-60(49)72(64)77)51-43-58(74(52-22-7-3-8-23-52)53-24-9-4-10-25-53)46-59(44-51)75(54-26-11-5-12-27-54)56-38-42-70-66(47-56)63-32-18-20-34-69(63)76(70)55-28-13-6-14-29-55/h3-48H,1-2H3. The number of para-hydroxylation sites is 5. The Morgan fingerprint density at radius 2 is 0.831 bits per heavy atom. The Labute approximate surface area is 448 Å². The van der Waals surface area contributed by atoms with Crippen molar-refractivity contribution in [2.45, 2.75) is 19.3 Å². The molecule has 77 heavy (non-hydrogen) atoms. The number of aromatic nitrogens is 2. The van der Waals surface area contributed by atoms with E-state index in [9.17, 15) is 0 Å². The number of fused-ring (bicyclic) bond motifs is 11. The second kappa shape index (κ2) is 17.6. The molecule has 0 spiro atoms. The molecule has 4 heteroatoms. The highest BCUT2D eigenvalue weighted by Crippen LogP contribution is 2.51. The molecule has 0 N–H and O–H groups in total. The summed E-state index contributed by atoms with van der Waals surface area (Å²) in [6.07, 6.45) is 0. The second-order valence-corrected chi connectivity index (χ2v) is 21.0. The molecule has 2 aromatic heterocycles. The molecule has 2 heterocycles. The first-order chi connectivity index (χ1) is 38.0. The summed E-state index contributed by atoms with van der Waals surface area (Å²) in [6.45, 7) is 4.74. The van der Waals surface area contributed by atoms with Crippen LogP contribution in [0.3, 0.4) is 0 Å². The molecule has 0 saturated heterocycles. The minimum absolute atomic E-state index is 0.132. The van der Waals surface area contributed by atoms with Crippen LogP contribution in [0.15, 0.2) is 279 Å². The number of benzene rings is 12. The van der Waals surface area contributed by atoms with E-state index >= 15 is 0 Å². The van der Waals surface area contributed by atoms with Crippen LogP contribution in [-0.4, -0.2) is 9.13 Å². The van der Waals surface area contributed by atoms with Crippen molar-refractivity contribution < 1.29 is 0 Å². The molecule has 0 bridgehead atoms. The maximum Gasteiger partial charge on any atom is 0.0619 e. The summed E-state index contributed by atoms with van der Waals surface area (Å²) < 4.78 is 4.91. The molecular formula is C73H52N4. The van der Waals surface area contributed by atoms with Gasteiger partial charge in [-0.25, -0.2) is 0 Å². The van der Waals surface area contributed by atoms with Gasteiger partial charge in [-0.2, -0.15) is 0 Å². The van der Waals surface area contributed by atoms with Gasteiger partial charge in [-0.3, -0.25) is 0 Å². The van der Waals surface area contributed by atoms with Crippen LogP contribution in [-0.2, 0) is 5.41 Å². The van der Waals surface area contributed by atoms with Crippen molar-refractivity contribution in [2.75, 3.05) is 9.80 Å². The molecule has 0 radical (unpaired) electrons. The average Bonchev–Trinajstić information content (AvgIpc) is 4.18. The highest BCUT2D eigenvalue weighted by Gasteiger charge is 2.35. The number of hydrogen-bond acceptors (Lipinski definition) is 2. The first kappa shape index (κ1) is 44.6. The van der Waals surface area contributed by atoms with E-state index in [0.717, 1.165) is 56.5 Å². The molecule has 15 rings (SSSR count). The van der Waals surface area contributed by atoms with Gasteiger partial charge in [0, 0.05) is 77.8 Å². The summed E-state index contributed by atoms with van der Waals surface area (Å²) >= 11 is 0. The Morgan fingerprint density at radius 1 is 0.286 bits per heavy atom. The molecule has 0 amide bonds. The zero-order valence-electron chi connectivity index (χ0n) is 42.8. The van der Waals surface area contributed by atoms with Gasteiger partial charge in [0.2, 0.25) is 0 Å². The van der Waals surface area contributed by atoms with Crippen LogP contribution in [0.5, 0.6) is 0 Å². The van der Waals surface area contributed by atoms with Gasteiger partial charge in [0.05, 0.1) is 22.1 Å². The third-order valence-electron chi connectivity index (χ3n) is 16.2. The first-order valence-electron chi connectivity index (χ1n) is 26.7. The molecule has 0 aliphatic heterocycles. The Kier molecular flexibility index (Phi) is 10.2. The van der Waals surface area contributed by atoms with Gasteiger partial charge in [0.15, 0.2) is 0 Å². The summed E-state index contributed by atoms with van der Waals surface area (Å²) in [5, 5.41) is 7.30. The topological polar surface area (TPSA) is 16.3 Å². The lowest BCUT2D eigenvalue weighted by atomic mass is 9.82. The molecule has 0 atom stereocenters. The normalized spacial score (nSPS) is 12.6. The largest absolute Gasteiger partial charge is 0.310 e. The fraction of sp³-hybridized carbons (Fsp3) is 0.0411. The van der Waals surface area contributed by atoms with Crippen LogP contribution in [0.2, 0.25) is 0 Å². The number of rotatable bonds is 9. The summed E-state index contributed by atoms with van der Waals surface area (Å²) in [5.41, 5.74) is 20.9. The third kappa shape index (κ3) is 7.14. The average molecular weight is 985 g/mol. The molecule has 0 unspecified atom stereocenters. The molecule has 364 valence electrons. The molecule has 14 aromatic rings. The van der Waals surface area contributed by atoms with Crippen LogP contribution >= 0.6 is 0 Å². The summed E-state index contributed by atoms with van der Waals surface area (Å²) in [4.78, 5) is 4.82. The van der Waals surface area contributed by atoms with Gasteiger partial charge < -0.3 is 18.9 Å². The second-order valence-electron chi connectivity index (χ2n) is 21.0. The maximum absolute atomic E-state index is 2.52. The van der Waals surface area contributed by atoms with Crippen LogP contribution in [0, 0.1) is 0 Å². The first-order valence-corrected chi connectivity index (χ1v) is 26.7. The van der Waals surface area contributed by atoms with Crippen LogP contribution in [0.4, 0.5) is 34.1 Å². The van der Waals surface area contributed by atoms with E-state index in [-0.39, 0.29) is 5.41 Å². The van der Waals surface area contributed by atoms with E-state index in [0.29, 0.717) is 0 Å². The maximum atomic E-state index is 2.52. The van der Waals surface area contributed by atoms with Gasteiger partial charge in [0.25, 0.3) is 0 Å². The monoisotopic (exact) mass is 984 g/mol. The lowest BCUT2D eigenvalue weighted by molar-refractivity contribution is 0.660. The number of nitrogens with zero attached hydrogens (tertiary/aromatic N) is 4. The van der Waals surface area contributed by atoms with E-state index in [2.05, 4.69) is 312 Å². The minimum Gasteiger partial charge on any atom is -0.310 e. The Bertz CT molecular complexity index is 4550. The number of hydrogen-bond donors (Lipinski definition) is 0. The Hall–Kier alpha value is -9.90. The molecule has 0 fully saturated rings. The van der Waals surface area contributed by atoms with E-state index in [1.54, 1.807) is 0 Å². The summed E-state index contributed by atoms with van der Waals surface area (Å²) in [6, 6.07) is 103. The Morgan fingerprint density at radius 3 is 1.55 bits per heavy atom. The lowest BCUT2D eigenvalue weighted by Crippen LogP contribution is -2.15. The molecule has 1 aliphatic carbocycles. The van der Waals surface area contributed by atoms with Crippen molar-refractivity contribution in [3.8, 4) is 33.6 Å². The fourth-order valence-corrected chi connectivity index (χ4v) is 12.7.